The summed E-state index contributed by atoms with van der Waals surface area (Å²) in [6.07, 6.45) is 6.53. The largest absolute Gasteiger partial charge is 0.493 e. The van der Waals surface area contributed by atoms with Gasteiger partial charge in [0.05, 0.1) is 12.2 Å². The van der Waals surface area contributed by atoms with Crippen LogP contribution in [0, 0.1) is 0 Å². The van der Waals surface area contributed by atoms with Crippen molar-refractivity contribution in [2.75, 3.05) is 44.2 Å². The maximum absolute atomic E-state index is 12.7. The van der Waals surface area contributed by atoms with Crippen LogP contribution in [-0.2, 0) is 9.59 Å². The van der Waals surface area contributed by atoms with Crippen molar-refractivity contribution in [3.63, 3.8) is 0 Å². The number of nitrogens with zero attached hydrogens (tertiary/aromatic N) is 6. The van der Waals surface area contributed by atoms with Gasteiger partial charge in [-0.25, -0.2) is 9.78 Å². The second-order valence-corrected chi connectivity index (χ2v) is 9.79. The third-order valence-electron chi connectivity index (χ3n) is 7.14. The van der Waals surface area contributed by atoms with E-state index in [9.17, 15) is 19.2 Å². The summed E-state index contributed by atoms with van der Waals surface area (Å²) in [5.74, 6) is 0.151. The van der Waals surface area contributed by atoms with Crippen LogP contribution in [0.2, 0.25) is 0 Å². The molecule has 13 nitrogen and oxygen atoms in total. The number of piperidine rings is 1. The number of pyridine rings is 2. The van der Waals surface area contributed by atoms with E-state index in [4.69, 9.17) is 10.5 Å². The molecular formula is C26H32N8O5. The highest BCUT2D eigenvalue weighted by molar-refractivity contribution is 5.99. The summed E-state index contributed by atoms with van der Waals surface area (Å²) >= 11 is 0. The third kappa shape index (κ3) is 6.08. The molecule has 5 heterocycles. The number of carbonyl (C=O) groups is 3. The molecule has 0 radical (unpaired) electrons. The molecule has 0 saturated carbocycles. The molecule has 39 heavy (non-hydrogen) atoms. The third-order valence-corrected chi connectivity index (χ3v) is 7.14. The smallest absolute Gasteiger partial charge is 0.351 e. The van der Waals surface area contributed by atoms with Gasteiger partial charge in [-0.05, 0) is 50.4 Å². The van der Waals surface area contributed by atoms with Gasteiger partial charge in [-0.1, -0.05) is 0 Å². The highest BCUT2D eigenvalue weighted by Gasteiger charge is 2.30. The molecule has 13 heteroatoms. The second-order valence-electron chi connectivity index (χ2n) is 9.79. The standard InChI is InChI=1S/C26H32N8O5/c27-24(36)18-4-6-21(28-17-18)32-13-11-31(12-14-32)9-2-1-3-15-39-19-8-10-33-22(16-19)30-34(26(33)38)20-5-7-23(35)29-25(20)37/h4,6,8,10,16-17,20H,1-3,5,7,9,11-15H2,(H2,27,36)(H,29,35,37). The van der Waals surface area contributed by atoms with Gasteiger partial charge in [0.2, 0.25) is 11.8 Å². The average molecular weight is 537 g/mol. The van der Waals surface area contributed by atoms with E-state index in [0.717, 1.165) is 62.5 Å². The van der Waals surface area contributed by atoms with Crippen LogP contribution in [0.5, 0.6) is 5.75 Å². The Morgan fingerprint density at radius 1 is 1.08 bits per heavy atom. The SMILES string of the molecule is NC(=O)c1ccc(N2CCN(CCCCCOc3ccn4c(=O)n(C5CCC(=O)NC5=O)nc4c3)CC2)nc1. The maximum Gasteiger partial charge on any atom is 0.351 e. The lowest BCUT2D eigenvalue weighted by atomic mass is 10.1. The first kappa shape index (κ1) is 26.4. The van der Waals surface area contributed by atoms with Crippen molar-refractivity contribution in [3.8, 4) is 5.75 Å². The number of nitrogens with one attached hydrogen (secondary N) is 1. The number of hydrogen-bond donors (Lipinski definition) is 2. The van der Waals surface area contributed by atoms with Gasteiger partial charge in [0.1, 0.15) is 17.6 Å². The highest BCUT2D eigenvalue weighted by atomic mass is 16.5. The fourth-order valence-corrected chi connectivity index (χ4v) is 4.90. The van der Waals surface area contributed by atoms with Crippen molar-refractivity contribution in [1.82, 2.24) is 29.4 Å². The van der Waals surface area contributed by atoms with Crippen LogP contribution < -0.4 is 26.4 Å². The van der Waals surface area contributed by atoms with Crippen molar-refractivity contribution in [3.05, 3.63) is 52.7 Å². The Labute approximate surface area is 224 Å². The van der Waals surface area contributed by atoms with Gasteiger partial charge >= 0.3 is 5.69 Å². The van der Waals surface area contributed by atoms with Gasteiger partial charge in [-0.3, -0.25) is 29.0 Å². The predicted molar refractivity (Wildman–Crippen MR) is 142 cm³/mol. The van der Waals surface area contributed by atoms with E-state index < -0.39 is 23.5 Å². The van der Waals surface area contributed by atoms with Gasteiger partial charge in [-0.2, -0.15) is 4.68 Å². The summed E-state index contributed by atoms with van der Waals surface area (Å²) in [7, 11) is 0. The first-order valence-corrected chi connectivity index (χ1v) is 13.2. The maximum atomic E-state index is 12.7. The molecule has 3 aromatic heterocycles. The van der Waals surface area contributed by atoms with Gasteiger partial charge in [0.15, 0.2) is 5.65 Å². The number of hydrogen-bond acceptors (Lipinski definition) is 9. The minimum Gasteiger partial charge on any atom is -0.493 e. The fourth-order valence-electron chi connectivity index (χ4n) is 4.90. The van der Waals surface area contributed by atoms with Gasteiger partial charge in [0.25, 0.3) is 5.91 Å². The molecule has 3 N–H and O–H groups in total. The number of unbranched alkanes of at least 4 members (excludes halogenated alkanes) is 2. The second kappa shape index (κ2) is 11.6. The molecule has 206 valence electrons. The Morgan fingerprint density at radius 3 is 2.62 bits per heavy atom. The van der Waals surface area contributed by atoms with E-state index in [2.05, 4.69) is 25.2 Å². The van der Waals surface area contributed by atoms with Crippen molar-refractivity contribution in [2.24, 2.45) is 5.73 Å². The number of ether oxygens (including phenoxy) is 1. The number of aromatic nitrogens is 4. The Morgan fingerprint density at radius 2 is 1.90 bits per heavy atom. The van der Waals surface area contributed by atoms with Crippen LogP contribution in [0.3, 0.4) is 0 Å². The zero-order valence-electron chi connectivity index (χ0n) is 21.6. The normalized spacial score (nSPS) is 18.4. The first-order chi connectivity index (χ1) is 18.9. The van der Waals surface area contributed by atoms with Gasteiger partial charge in [-0.15, -0.1) is 5.10 Å². The van der Waals surface area contributed by atoms with Crippen molar-refractivity contribution >= 4 is 29.2 Å². The molecule has 2 aliphatic rings. The van der Waals surface area contributed by atoms with Gasteiger partial charge in [0, 0.05) is 51.1 Å². The number of primary amides is 1. The quantitative estimate of drug-likeness (QED) is 0.275. The molecule has 3 aromatic rings. The van der Waals surface area contributed by atoms with Crippen LogP contribution in [0.15, 0.2) is 41.5 Å². The Balaban J connectivity index is 1.02. The average Bonchev–Trinajstić information content (AvgIpc) is 3.26. The minimum atomic E-state index is -0.797. The summed E-state index contributed by atoms with van der Waals surface area (Å²) in [4.78, 5) is 56.5. The Hall–Kier alpha value is -4.26. The topological polar surface area (TPSA) is 157 Å². The molecule has 2 aliphatic heterocycles. The predicted octanol–water partition coefficient (Wildman–Crippen LogP) is 0.339. The lowest BCUT2D eigenvalue weighted by molar-refractivity contribution is -0.136. The number of piperazine rings is 1. The zero-order valence-corrected chi connectivity index (χ0v) is 21.6. The molecule has 2 saturated heterocycles. The number of carbonyl (C=O) groups excluding carboxylic acids is 3. The van der Waals surface area contributed by atoms with E-state index in [1.54, 1.807) is 24.4 Å². The van der Waals surface area contributed by atoms with Crippen molar-refractivity contribution < 1.29 is 19.1 Å². The van der Waals surface area contributed by atoms with Crippen molar-refractivity contribution in [1.29, 1.82) is 0 Å². The molecule has 2 fully saturated rings. The number of imide groups is 1. The van der Waals surface area contributed by atoms with Crippen LogP contribution in [0.1, 0.15) is 48.5 Å². The monoisotopic (exact) mass is 536 g/mol. The van der Waals surface area contributed by atoms with Crippen LogP contribution >= 0.6 is 0 Å². The molecule has 1 unspecified atom stereocenters. The summed E-state index contributed by atoms with van der Waals surface area (Å²) in [6.45, 7) is 5.26. The molecule has 1 atom stereocenters. The molecule has 0 spiro atoms. The van der Waals surface area contributed by atoms with Crippen LogP contribution in [-0.4, -0.2) is 81.1 Å². The summed E-state index contributed by atoms with van der Waals surface area (Å²) in [5.41, 5.74) is 5.66. The van der Waals surface area contributed by atoms with Crippen LogP contribution in [0.25, 0.3) is 5.65 Å². The Kier molecular flexibility index (Phi) is 7.87. The number of amides is 3. The van der Waals surface area contributed by atoms with Gasteiger partial charge < -0.3 is 15.4 Å². The molecule has 3 amide bonds. The summed E-state index contributed by atoms with van der Waals surface area (Å²) < 4.78 is 8.38. The number of rotatable bonds is 10. The summed E-state index contributed by atoms with van der Waals surface area (Å²) in [6, 6.07) is 6.15. The zero-order chi connectivity index (χ0) is 27.4. The van der Waals surface area contributed by atoms with Crippen molar-refractivity contribution in [2.45, 2.75) is 38.1 Å². The molecular weight excluding hydrogens is 504 g/mol. The minimum absolute atomic E-state index is 0.173. The lowest BCUT2D eigenvalue weighted by Crippen LogP contribution is -2.46. The van der Waals surface area contributed by atoms with E-state index in [-0.39, 0.29) is 18.7 Å². The van der Waals surface area contributed by atoms with E-state index in [1.165, 1.54) is 10.6 Å². The summed E-state index contributed by atoms with van der Waals surface area (Å²) in [5, 5.41) is 6.56. The molecule has 5 rings (SSSR count). The Bertz CT molecular complexity index is 1410. The number of anilines is 1. The lowest BCUT2D eigenvalue weighted by Gasteiger charge is -2.35. The van der Waals surface area contributed by atoms with Crippen LogP contribution in [0.4, 0.5) is 5.82 Å². The van der Waals surface area contributed by atoms with E-state index in [1.807, 2.05) is 6.07 Å². The first-order valence-electron chi connectivity index (χ1n) is 13.2. The molecule has 0 aliphatic carbocycles. The number of nitrogens with two attached hydrogens (primary N) is 1. The number of fused-ring (bicyclic) bond motifs is 1. The fraction of sp³-hybridized carbons (Fsp3) is 0.462. The molecule has 0 bridgehead atoms. The van der Waals surface area contributed by atoms with E-state index in [0.29, 0.717) is 23.6 Å². The highest BCUT2D eigenvalue weighted by Crippen LogP contribution is 2.19. The molecule has 0 aromatic carbocycles. The van der Waals surface area contributed by atoms with E-state index >= 15 is 0 Å².